The number of nitrogens with zero attached hydrogens (tertiary/aromatic N) is 3. The highest BCUT2D eigenvalue weighted by Crippen LogP contribution is 2.54. The minimum absolute atomic E-state index is 0.0416. The van der Waals surface area contributed by atoms with Crippen molar-refractivity contribution in [2.45, 2.75) is 62.2 Å². The quantitative estimate of drug-likeness (QED) is 0.176. The lowest BCUT2D eigenvalue weighted by molar-refractivity contribution is 0.590. The Hall–Kier alpha value is -6.27. The molecule has 12 rings (SSSR count). The van der Waals surface area contributed by atoms with Crippen LogP contribution in [0.4, 0.5) is 17.1 Å². The maximum Gasteiger partial charge on any atom is 0.0603 e. The highest BCUT2D eigenvalue weighted by Gasteiger charge is 2.28. The van der Waals surface area contributed by atoms with E-state index in [0.29, 0.717) is 0 Å². The summed E-state index contributed by atoms with van der Waals surface area (Å²) in [6.07, 6.45) is 0. The van der Waals surface area contributed by atoms with Crippen LogP contribution in [-0.2, 0) is 10.8 Å². The molecule has 0 saturated carbocycles. The monoisotopic (exact) mass is 823 g/mol. The number of benzene rings is 8. The molecule has 0 fully saturated rings. The van der Waals surface area contributed by atoms with Crippen LogP contribution < -0.4 is 4.90 Å². The van der Waals surface area contributed by atoms with Crippen molar-refractivity contribution >= 4 is 104 Å². The molecule has 1 aliphatic rings. The van der Waals surface area contributed by atoms with Gasteiger partial charge in [0.05, 0.1) is 33.4 Å². The van der Waals surface area contributed by atoms with Gasteiger partial charge in [-0.3, -0.25) is 0 Å². The van der Waals surface area contributed by atoms with Gasteiger partial charge in [-0.25, -0.2) is 0 Å². The van der Waals surface area contributed by atoms with Crippen LogP contribution in [0.2, 0.25) is 0 Å². The van der Waals surface area contributed by atoms with Crippen molar-refractivity contribution in [1.29, 1.82) is 0 Å². The molecule has 1 aliphatic heterocycles. The molecule has 0 saturated heterocycles. The minimum Gasteiger partial charge on any atom is -0.309 e. The molecule has 3 aromatic heterocycles. The van der Waals surface area contributed by atoms with E-state index >= 15 is 0 Å². The zero-order valence-electron chi connectivity index (χ0n) is 35.2. The van der Waals surface area contributed by atoms with Crippen molar-refractivity contribution in [3.63, 3.8) is 0 Å². The third-order valence-electron chi connectivity index (χ3n) is 12.8. The van der Waals surface area contributed by atoms with Gasteiger partial charge < -0.3 is 14.0 Å². The second-order valence-corrected chi connectivity index (χ2v) is 20.9. The van der Waals surface area contributed by atoms with Gasteiger partial charge in [-0.15, -0.1) is 11.3 Å². The summed E-state index contributed by atoms with van der Waals surface area (Å²) in [5.74, 6) is 0. The van der Waals surface area contributed by atoms with E-state index in [-0.39, 0.29) is 10.8 Å². The number of rotatable bonds is 3. The molecule has 296 valence electrons. The molecule has 4 heterocycles. The third kappa shape index (κ3) is 5.64. The molecule has 61 heavy (non-hydrogen) atoms. The first-order valence-electron chi connectivity index (χ1n) is 21.3. The van der Waals surface area contributed by atoms with Crippen molar-refractivity contribution in [2.75, 3.05) is 4.90 Å². The summed E-state index contributed by atoms with van der Waals surface area (Å²) in [7, 11) is 0. The Morgan fingerprint density at radius 1 is 0.361 bits per heavy atom. The van der Waals surface area contributed by atoms with Gasteiger partial charge in [-0.1, -0.05) is 120 Å². The zero-order valence-corrected chi connectivity index (χ0v) is 36.9. The number of hydrogen-bond donors (Lipinski definition) is 0. The van der Waals surface area contributed by atoms with E-state index in [1.54, 1.807) is 0 Å². The van der Waals surface area contributed by atoms with E-state index in [1.807, 2.05) is 23.1 Å². The first-order chi connectivity index (χ1) is 29.5. The normalized spacial score (nSPS) is 13.3. The van der Waals surface area contributed by atoms with Crippen molar-refractivity contribution in [3.8, 4) is 11.4 Å². The smallest absolute Gasteiger partial charge is 0.0603 e. The van der Waals surface area contributed by atoms with Gasteiger partial charge in [0, 0.05) is 68.6 Å². The van der Waals surface area contributed by atoms with Crippen LogP contribution in [0.25, 0.3) is 75.2 Å². The van der Waals surface area contributed by atoms with Crippen LogP contribution in [0.1, 0.15) is 52.7 Å². The summed E-state index contributed by atoms with van der Waals surface area (Å²) in [5.41, 5.74) is 13.6. The molecule has 5 heteroatoms. The largest absolute Gasteiger partial charge is 0.309 e. The molecule has 0 N–H and O–H groups in total. The van der Waals surface area contributed by atoms with Crippen LogP contribution in [0.3, 0.4) is 0 Å². The summed E-state index contributed by atoms with van der Waals surface area (Å²) in [5, 5.41) is 7.76. The molecule has 0 amide bonds. The van der Waals surface area contributed by atoms with E-state index in [2.05, 4.69) is 219 Å². The fourth-order valence-corrected chi connectivity index (χ4v) is 11.8. The van der Waals surface area contributed by atoms with Crippen molar-refractivity contribution in [3.05, 3.63) is 175 Å². The summed E-state index contributed by atoms with van der Waals surface area (Å²) < 4.78 is 7.55. The molecular weight excluding hydrogens is 779 g/mol. The molecule has 8 aromatic carbocycles. The maximum atomic E-state index is 2.49. The standard InChI is InChI=1S/C56H45N3S2/c1-55(2,3)34-19-24-47-42(29-34)43-30-35(56(4,5)6)20-25-48(43)58(47)38-22-27-50-54(33-38)61-53-32-37(57-45-16-10-7-13-39(45)40-14-8-11-17-46(40)57)21-26-49(53)59(50)36-23-28-52-44(31-36)41-15-9-12-18-51(41)60-52/h7-33H,1-6H3. The van der Waals surface area contributed by atoms with Gasteiger partial charge in [0.25, 0.3) is 0 Å². The molecular formula is C56H45N3S2. The minimum atomic E-state index is 0.0416. The van der Waals surface area contributed by atoms with E-state index in [1.165, 1.54) is 102 Å². The molecule has 11 aromatic rings. The number of anilines is 3. The molecule has 0 unspecified atom stereocenters. The number of thiophene rings is 1. The predicted octanol–water partition coefficient (Wildman–Crippen LogP) is 16.8. The van der Waals surface area contributed by atoms with E-state index in [0.717, 1.165) is 11.4 Å². The second-order valence-electron chi connectivity index (χ2n) is 18.7. The Balaban J connectivity index is 1.08. The second kappa shape index (κ2) is 13.1. The molecule has 0 atom stereocenters. The van der Waals surface area contributed by atoms with Crippen molar-refractivity contribution in [1.82, 2.24) is 9.13 Å². The van der Waals surface area contributed by atoms with Gasteiger partial charge in [0.1, 0.15) is 0 Å². The van der Waals surface area contributed by atoms with Gasteiger partial charge in [-0.05, 0) is 119 Å². The topological polar surface area (TPSA) is 13.1 Å². The fraction of sp³-hybridized carbons (Fsp3) is 0.143. The molecule has 3 nitrogen and oxygen atoms in total. The first kappa shape index (κ1) is 36.6. The highest BCUT2D eigenvalue weighted by molar-refractivity contribution is 7.99. The van der Waals surface area contributed by atoms with Crippen LogP contribution in [0.15, 0.2) is 174 Å². The fourth-order valence-electron chi connectivity index (χ4n) is 9.63. The van der Waals surface area contributed by atoms with Crippen LogP contribution in [-0.4, -0.2) is 9.13 Å². The number of fused-ring (bicyclic) bond motifs is 11. The maximum absolute atomic E-state index is 2.49. The predicted molar refractivity (Wildman–Crippen MR) is 264 cm³/mol. The number of para-hydroxylation sites is 2. The van der Waals surface area contributed by atoms with Crippen LogP contribution in [0.5, 0.6) is 0 Å². The summed E-state index contributed by atoms with van der Waals surface area (Å²) in [6, 6.07) is 61.8. The van der Waals surface area contributed by atoms with Gasteiger partial charge >= 0.3 is 0 Å². The molecule has 0 aliphatic carbocycles. The number of aromatic nitrogens is 2. The summed E-state index contributed by atoms with van der Waals surface area (Å²) in [4.78, 5) is 4.95. The average molecular weight is 824 g/mol. The molecule has 0 bridgehead atoms. The third-order valence-corrected chi connectivity index (χ3v) is 15.0. The Bertz CT molecular complexity index is 3480. The Morgan fingerprint density at radius 3 is 1.36 bits per heavy atom. The Kier molecular flexibility index (Phi) is 7.86. The molecule has 0 spiro atoms. The lowest BCUT2D eigenvalue weighted by Crippen LogP contribution is -2.15. The number of hydrogen-bond acceptors (Lipinski definition) is 3. The van der Waals surface area contributed by atoms with E-state index in [9.17, 15) is 0 Å². The summed E-state index contributed by atoms with van der Waals surface area (Å²) >= 11 is 3.75. The van der Waals surface area contributed by atoms with Crippen LogP contribution in [0, 0.1) is 0 Å². The summed E-state index contributed by atoms with van der Waals surface area (Å²) in [6.45, 7) is 13.9. The zero-order chi connectivity index (χ0) is 41.4. The van der Waals surface area contributed by atoms with E-state index < -0.39 is 0 Å². The lowest BCUT2D eigenvalue weighted by Gasteiger charge is -2.33. The van der Waals surface area contributed by atoms with Gasteiger partial charge in [0.15, 0.2) is 0 Å². The average Bonchev–Trinajstić information content (AvgIpc) is 3.91. The highest BCUT2D eigenvalue weighted by atomic mass is 32.2. The SMILES string of the molecule is CC(C)(C)c1ccc2c(c1)c1cc(C(C)(C)C)ccc1n2-c1ccc2c(c1)Sc1cc(-n3c4ccccc4c4ccccc43)ccc1N2c1ccc2sc3ccccc3c2c1. The Morgan fingerprint density at radius 2 is 0.820 bits per heavy atom. The first-order valence-corrected chi connectivity index (χ1v) is 22.9. The molecule has 0 radical (unpaired) electrons. The van der Waals surface area contributed by atoms with E-state index in [4.69, 9.17) is 0 Å². The lowest BCUT2D eigenvalue weighted by atomic mass is 9.85. The van der Waals surface area contributed by atoms with Gasteiger partial charge in [0.2, 0.25) is 0 Å². The Labute approximate surface area is 364 Å². The van der Waals surface area contributed by atoms with Crippen molar-refractivity contribution < 1.29 is 0 Å². The van der Waals surface area contributed by atoms with Crippen LogP contribution >= 0.6 is 23.1 Å². The van der Waals surface area contributed by atoms with Crippen molar-refractivity contribution in [2.24, 2.45) is 0 Å². The van der Waals surface area contributed by atoms with Gasteiger partial charge in [-0.2, -0.15) is 0 Å².